The van der Waals surface area contributed by atoms with Gasteiger partial charge < -0.3 is 13.3 Å². The van der Waals surface area contributed by atoms with Crippen LogP contribution in [0.25, 0.3) is 28.6 Å². The molecule has 5 aromatic rings. The standard InChI is InChI=1S/C23H19N5O2S/c1-2-11-28-12-17(24-20(28)6-1)14-31-18-9-7-16(8-10-18)23-26-21(27-30-23)19-13-29-22(25-19)15-4-3-5-15/h1-2,6-13,15H,3-5,14H2. The van der Waals surface area contributed by atoms with Gasteiger partial charge in [-0.1, -0.05) is 17.6 Å². The number of hydrogen-bond acceptors (Lipinski definition) is 7. The summed E-state index contributed by atoms with van der Waals surface area (Å²) in [6.45, 7) is 0. The van der Waals surface area contributed by atoms with Gasteiger partial charge in [0.15, 0.2) is 5.89 Å². The summed E-state index contributed by atoms with van der Waals surface area (Å²) < 4.78 is 13.1. The molecule has 0 bridgehead atoms. The van der Waals surface area contributed by atoms with Gasteiger partial charge in [0.2, 0.25) is 5.82 Å². The van der Waals surface area contributed by atoms with Gasteiger partial charge in [-0.25, -0.2) is 9.97 Å². The molecule has 0 N–H and O–H groups in total. The molecule has 1 aliphatic carbocycles. The monoisotopic (exact) mass is 429 g/mol. The van der Waals surface area contributed by atoms with Crippen LogP contribution >= 0.6 is 11.8 Å². The third kappa shape index (κ3) is 3.63. The minimum atomic E-state index is 0.436. The number of aromatic nitrogens is 5. The molecule has 0 aliphatic heterocycles. The van der Waals surface area contributed by atoms with Crippen LogP contribution in [0.4, 0.5) is 0 Å². The zero-order valence-electron chi connectivity index (χ0n) is 16.6. The number of imidazole rings is 1. The van der Waals surface area contributed by atoms with Gasteiger partial charge in [0.1, 0.15) is 17.6 Å². The molecule has 0 saturated heterocycles. The molecule has 0 atom stereocenters. The Morgan fingerprint density at radius 1 is 1.03 bits per heavy atom. The molecule has 1 aromatic carbocycles. The maximum atomic E-state index is 5.59. The topological polar surface area (TPSA) is 82.2 Å². The molecule has 1 aliphatic rings. The van der Waals surface area contributed by atoms with Crippen LogP contribution in [0.1, 0.15) is 36.8 Å². The predicted molar refractivity (Wildman–Crippen MR) is 117 cm³/mol. The van der Waals surface area contributed by atoms with Crippen molar-refractivity contribution in [2.24, 2.45) is 0 Å². The van der Waals surface area contributed by atoms with Crippen molar-refractivity contribution >= 4 is 17.4 Å². The van der Waals surface area contributed by atoms with Crippen molar-refractivity contribution in [3.05, 3.63) is 72.7 Å². The van der Waals surface area contributed by atoms with E-state index in [4.69, 9.17) is 8.94 Å². The molecule has 6 rings (SSSR count). The normalized spacial score (nSPS) is 14.2. The second-order valence-electron chi connectivity index (χ2n) is 7.63. The Morgan fingerprint density at radius 3 is 2.74 bits per heavy atom. The van der Waals surface area contributed by atoms with E-state index in [0.717, 1.165) is 46.3 Å². The highest BCUT2D eigenvalue weighted by atomic mass is 32.2. The third-order valence-electron chi connectivity index (χ3n) is 5.53. The lowest BCUT2D eigenvalue weighted by atomic mass is 9.85. The molecule has 0 unspecified atom stereocenters. The van der Waals surface area contributed by atoms with E-state index in [0.29, 0.717) is 23.3 Å². The number of nitrogens with zero attached hydrogens (tertiary/aromatic N) is 5. The number of pyridine rings is 1. The van der Waals surface area contributed by atoms with Crippen molar-refractivity contribution in [2.45, 2.75) is 35.8 Å². The van der Waals surface area contributed by atoms with Crippen LogP contribution in [0.5, 0.6) is 0 Å². The number of oxazole rings is 1. The van der Waals surface area contributed by atoms with Crippen LogP contribution in [-0.2, 0) is 5.75 Å². The first-order valence-corrected chi connectivity index (χ1v) is 11.3. The van der Waals surface area contributed by atoms with E-state index < -0.39 is 0 Å². The fourth-order valence-corrected chi connectivity index (χ4v) is 4.37. The van der Waals surface area contributed by atoms with Gasteiger partial charge in [-0.05, 0) is 49.2 Å². The third-order valence-corrected chi connectivity index (χ3v) is 6.58. The van der Waals surface area contributed by atoms with E-state index in [-0.39, 0.29) is 0 Å². The summed E-state index contributed by atoms with van der Waals surface area (Å²) in [6.07, 6.45) is 9.20. The molecule has 0 spiro atoms. The average Bonchev–Trinajstić information content (AvgIpc) is 3.50. The van der Waals surface area contributed by atoms with Gasteiger partial charge in [-0.3, -0.25) is 0 Å². The van der Waals surface area contributed by atoms with Gasteiger partial charge in [0.25, 0.3) is 5.89 Å². The van der Waals surface area contributed by atoms with Crippen molar-refractivity contribution in [2.75, 3.05) is 0 Å². The first-order valence-electron chi connectivity index (χ1n) is 10.3. The summed E-state index contributed by atoms with van der Waals surface area (Å²) in [5.74, 6) is 2.95. The molecule has 154 valence electrons. The van der Waals surface area contributed by atoms with Crippen LogP contribution in [0.15, 0.2) is 75.0 Å². The fraction of sp³-hybridized carbons (Fsp3) is 0.217. The van der Waals surface area contributed by atoms with E-state index in [1.807, 2.05) is 40.9 Å². The highest BCUT2D eigenvalue weighted by molar-refractivity contribution is 7.98. The van der Waals surface area contributed by atoms with Gasteiger partial charge in [0.05, 0.1) is 5.69 Å². The van der Waals surface area contributed by atoms with Gasteiger partial charge >= 0.3 is 0 Å². The lowest BCUT2D eigenvalue weighted by Crippen LogP contribution is -2.08. The van der Waals surface area contributed by atoms with Gasteiger partial charge in [-0.2, -0.15) is 4.98 Å². The Morgan fingerprint density at radius 2 is 1.94 bits per heavy atom. The number of thioether (sulfide) groups is 1. The van der Waals surface area contributed by atoms with Gasteiger partial charge in [-0.15, -0.1) is 11.8 Å². The van der Waals surface area contributed by atoms with Crippen LogP contribution in [0.2, 0.25) is 0 Å². The molecule has 1 saturated carbocycles. The molecule has 8 heteroatoms. The smallest absolute Gasteiger partial charge is 0.258 e. The molecular weight excluding hydrogens is 410 g/mol. The Balaban J connectivity index is 1.13. The number of fused-ring (bicyclic) bond motifs is 1. The first kappa shape index (κ1) is 18.4. The molecular formula is C23H19N5O2S. The zero-order valence-corrected chi connectivity index (χ0v) is 17.5. The minimum absolute atomic E-state index is 0.436. The summed E-state index contributed by atoms with van der Waals surface area (Å²) in [7, 11) is 0. The minimum Gasteiger partial charge on any atom is -0.448 e. The highest BCUT2D eigenvalue weighted by Gasteiger charge is 2.25. The summed E-state index contributed by atoms with van der Waals surface area (Å²) in [5, 5.41) is 4.07. The second-order valence-corrected chi connectivity index (χ2v) is 8.68. The summed E-state index contributed by atoms with van der Waals surface area (Å²) in [4.78, 5) is 14.8. The average molecular weight is 430 g/mol. The van der Waals surface area contributed by atoms with Crippen molar-refractivity contribution in [1.29, 1.82) is 0 Å². The maximum absolute atomic E-state index is 5.59. The second kappa shape index (κ2) is 7.70. The first-order chi connectivity index (χ1) is 15.3. The Labute approximate surface area is 182 Å². The largest absolute Gasteiger partial charge is 0.448 e. The van der Waals surface area contributed by atoms with Crippen LogP contribution in [0, 0.1) is 0 Å². The fourth-order valence-electron chi connectivity index (χ4n) is 3.59. The van der Waals surface area contributed by atoms with E-state index in [1.54, 1.807) is 18.0 Å². The lowest BCUT2D eigenvalue weighted by molar-refractivity contribution is 0.335. The molecule has 1 fully saturated rings. The number of rotatable bonds is 6. The number of hydrogen-bond donors (Lipinski definition) is 0. The summed E-state index contributed by atoms with van der Waals surface area (Å²) >= 11 is 1.74. The highest BCUT2D eigenvalue weighted by Crippen LogP contribution is 2.36. The Bertz CT molecular complexity index is 1300. The van der Waals surface area contributed by atoms with E-state index >= 15 is 0 Å². The maximum Gasteiger partial charge on any atom is 0.258 e. The van der Waals surface area contributed by atoms with E-state index in [2.05, 4.69) is 38.4 Å². The van der Waals surface area contributed by atoms with Crippen LogP contribution in [0.3, 0.4) is 0 Å². The predicted octanol–water partition coefficient (Wildman–Crippen LogP) is 5.60. The molecule has 7 nitrogen and oxygen atoms in total. The molecule has 4 aromatic heterocycles. The van der Waals surface area contributed by atoms with Crippen molar-refractivity contribution in [3.8, 4) is 23.0 Å². The Hall–Kier alpha value is -3.39. The summed E-state index contributed by atoms with van der Waals surface area (Å²) in [5.41, 5.74) is 3.51. The zero-order chi connectivity index (χ0) is 20.6. The SMILES string of the molecule is c1ccn2cc(CSc3ccc(-c4nc(-c5coc(C6CCC6)n5)no4)cc3)nc2c1. The Kier molecular flexibility index (Phi) is 4.57. The van der Waals surface area contributed by atoms with Gasteiger partial charge in [0, 0.05) is 34.5 Å². The van der Waals surface area contributed by atoms with E-state index in [9.17, 15) is 0 Å². The molecule has 0 amide bonds. The number of benzene rings is 1. The van der Waals surface area contributed by atoms with Crippen molar-refractivity contribution < 1.29 is 8.94 Å². The lowest BCUT2D eigenvalue weighted by Gasteiger charge is -2.21. The summed E-state index contributed by atoms with van der Waals surface area (Å²) in [6, 6.07) is 14.1. The molecule has 4 heterocycles. The van der Waals surface area contributed by atoms with Crippen LogP contribution in [-0.4, -0.2) is 24.5 Å². The molecule has 0 radical (unpaired) electrons. The van der Waals surface area contributed by atoms with Crippen molar-refractivity contribution in [1.82, 2.24) is 24.5 Å². The quantitative estimate of drug-likeness (QED) is 0.325. The van der Waals surface area contributed by atoms with Crippen molar-refractivity contribution in [3.63, 3.8) is 0 Å². The molecule has 31 heavy (non-hydrogen) atoms. The van der Waals surface area contributed by atoms with Crippen LogP contribution < -0.4 is 0 Å². The van der Waals surface area contributed by atoms with E-state index in [1.165, 1.54) is 6.42 Å².